The second-order valence-electron chi connectivity index (χ2n) is 6.57. The minimum Gasteiger partial charge on any atom is -0.352 e. The summed E-state index contributed by atoms with van der Waals surface area (Å²) in [6.07, 6.45) is 2.59. The molecule has 6 nitrogen and oxygen atoms in total. The largest absolute Gasteiger partial charge is 0.352 e. The van der Waals surface area contributed by atoms with E-state index in [0.717, 1.165) is 38.9 Å². The van der Waals surface area contributed by atoms with E-state index in [1.807, 2.05) is 0 Å². The van der Waals surface area contributed by atoms with Gasteiger partial charge in [0.2, 0.25) is 10.0 Å². The van der Waals surface area contributed by atoms with Crippen LogP contribution < -0.4 is 10.2 Å². The van der Waals surface area contributed by atoms with Crippen LogP contribution in [0.3, 0.4) is 0 Å². The van der Waals surface area contributed by atoms with Crippen LogP contribution in [-0.2, 0) is 10.0 Å². The molecule has 1 aromatic rings. The first-order valence-corrected chi connectivity index (χ1v) is 11.1. The van der Waals surface area contributed by atoms with E-state index in [1.54, 1.807) is 6.07 Å². The molecule has 1 aromatic carbocycles. The van der Waals surface area contributed by atoms with Crippen molar-refractivity contribution in [1.29, 1.82) is 0 Å². The lowest BCUT2D eigenvalue weighted by Gasteiger charge is -2.17. The molecule has 0 bridgehead atoms. The topological polar surface area (TPSA) is 70.9 Å². The van der Waals surface area contributed by atoms with Crippen LogP contribution in [-0.4, -0.2) is 57.9 Å². The maximum atomic E-state index is 12.7. The highest BCUT2D eigenvalue weighted by atomic mass is 35.5. The molecular weight excluding hydrogens is 374 g/mol. The minimum absolute atomic E-state index is 0.0151. The van der Waals surface area contributed by atoms with Gasteiger partial charge in [-0.2, -0.15) is 4.31 Å². The Hall–Kier alpha value is -1.15. The highest BCUT2D eigenvalue weighted by Gasteiger charge is 2.29. The monoisotopic (exact) mass is 402 g/mol. The van der Waals surface area contributed by atoms with Crippen molar-refractivity contribution in [2.24, 2.45) is 0 Å². The van der Waals surface area contributed by atoms with E-state index in [1.165, 1.54) is 21.3 Å². The third kappa shape index (κ3) is 5.19. The number of benzene rings is 1. The highest BCUT2D eigenvalue weighted by molar-refractivity contribution is 7.89. The normalized spacial score (nSPS) is 15.5. The fourth-order valence-electron chi connectivity index (χ4n) is 3.16. The van der Waals surface area contributed by atoms with Crippen molar-refractivity contribution < 1.29 is 18.1 Å². The fraction of sp³-hybridized carbons (Fsp3) is 0.611. The summed E-state index contributed by atoms with van der Waals surface area (Å²) in [5.74, 6) is -0.269. The average Bonchev–Trinajstić information content (AvgIpc) is 3.17. The quantitative estimate of drug-likeness (QED) is 0.609. The molecular formula is C18H29ClN3O3S+. The van der Waals surface area contributed by atoms with Crippen LogP contribution in [0.5, 0.6) is 0 Å². The first kappa shape index (κ1) is 21.2. The average molecular weight is 403 g/mol. The Morgan fingerprint density at radius 3 is 2.50 bits per heavy atom. The number of amides is 1. The SMILES string of the molecule is CC[NH+](CC)CCCNC(=O)c1ccc(Cl)c(S(=O)(=O)N2CCCC2)c1. The van der Waals surface area contributed by atoms with E-state index in [4.69, 9.17) is 11.6 Å². The number of rotatable bonds is 9. The molecule has 1 saturated heterocycles. The van der Waals surface area contributed by atoms with Gasteiger partial charge in [-0.3, -0.25) is 4.79 Å². The molecule has 1 aliphatic rings. The van der Waals surface area contributed by atoms with Crippen LogP contribution in [0.15, 0.2) is 23.1 Å². The Balaban J connectivity index is 2.03. The van der Waals surface area contributed by atoms with E-state index in [-0.39, 0.29) is 15.8 Å². The minimum atomic E-state index is -3.65. The summed E-state index contributed by atoms with van der Waals surface area (Å²) in [7, 11) is -3.65. The molecule has 1 amide bonds. The van der Waals surface area contributed by atoms with Gasteiger partial charge in [-0.1, -0.05) is 11.6 Å². The predicted octanol–water partition coefficient (Wildman–Crippen LogP) is 1.17. The molecule has 8 heteroatoms. The van der Waals surface area contributed by atoms with Gasteiger partial charge in [0.25, 0.3) is 5.91 Å². The molecule has 0 saturated carbocycles. The first-order chi connectivity index (χ1) is 12.4. The van der Waals surface area contributed by atoms with Crippen LogP contribution >= 0.6 is 11.6 Å². The van der Waals surface area contributed by atoms with Gasteiger partial charge in [0.15, 0.2) is 0 Å². The molecule has 26 heavy (non-hydrogen) atoms. The highest BCUT2D eigenvalue weighted by Crippen LogP contribution is 2.28. The zero-order valence-corrected chi connectivity index (χ0v) is 17.1. The number of quaternary nitrogens is 1. The van der Waals surface area contributed by atoms with Crippen molar-refractivity contribution >= 4 is 27.5 Å². The van der Waals surface area contributed by atoms with Crippen LogP contribution in [0.25, 0.3) is 0 Å². The lowest BCUT2D eigenvalue weighted by atomic mass is 10.2. The van der Waals surface area contributed by atoms with Crippen molar-refractivity contribution in [3.63, 3.8) is 0 Å². The summed E-state index contributed by atoms with van der Waals surface area (Å²) in [6.45, 7) is 9.01. The molecule has 146 valence electrons. The summed E-state index contributed by atoms with van der Waals surface area (Å²) in [5.41, 5.74) is 0.322. The Bertz CT molecular complexity index is 714. The first-order valence-electron chi connectivity index (χ1n) is 9.31. The van der Waals surface area contributed by atoms with Gasteiger partial charge >= 0.3 is 0 Å². The van der Waals surface area contributed by atoms with Gasteiger partial charge in [-0.25, -0.2) is 8.42 Å². The predicted molar refractivity (Wildman–Crippen MR) is 103 cm³/mol. The molecule has 0 radical (unpaired) electrons. The smallest absolute Gasteiger partial charge is 0.251 e. The maximum absolute atomic E-state index is 12.7. The number of sulfonamides is 1. The van der Waals surface area contributed by atoms with Gasteiger partial charge < -0.3 is 10.2 Å². The number of hydrogen-bond acceptors (Lipinski definition) is 3. The summed E-state index contributed by atoms with van der Waals surface area (Å²) in [5, 5.41) is 3.02. The molecule has 1 heterocycles. The van der Waals surface area contributed by atoms with Gasteiger partial charge in [0.05, 0.1) is 24.7 Å². The van der Waals surface area contributed by atoms with Gasteiger partial charge in [0, 0.05) is 31.6 Å². The third-order valence-corrected chi connectivity index (χ3v) is 7.25. The summed E-state index contributed by atoms with van der Waals surface area (Å²) < 4.78 is 26.9. The molecule has 1 fully saturated rings. The zero-order valence-electron chi connectivity index (χ0n) is 15.6. The van der Waals surface area contributed by atoms with Crippen molar-refractivity contribution in [1.82, 2.24) is 9.62 Å². The standard InChI is InChI=1S/C18H28ClN3O3S/c1-3-21(4-2)11-7-10-20-18(23)15-8-9-16(19)17(14-15)26(24,25)22-12-5-6-13-22/h8-9,14H,3-7,10-13H2,1-2H3,(H,20,23)/p+1. The maximum Gasteiger partial charge on any atom is 0.251 e. The summed E-state index contributed by atoms with van der Waals surface area (Å²) in [4.78, 5) is 13.9. The van der Waals surface area contributed by atoms with E-state index in [0.29, 0.717) is 25.2 Å². The summed E-state index contributed by atoms with van der Waals surface area (Å²) >= 11 is 6.12. The lowest BCUT2D eigenvalue weighted by Crippen LogP contribution is -3.11. The fourth-order valence-corrected chi connectivity index (χ4v) is 5.17. The second kappa shape index (κ2) is 9.69. The Morgan fingerprint density at radius 1 is 1.23 bits per heavy atom. The molecule has 0 spiro atoms. The van der Waals surface area contributed by atoms with Crippen molar-refractivity contribution in [3.8, 4) is 0 Å². The van der Waals surface area contributed by atoms with E-state index >= 15 is 0 Å². The number of carbonyl (C=O) groups excluding carboxylic acids is 1. The molecule has 1 aliphatic heterocycles. The third-order valence-electron chi connectivity index (χ3n) is 4.87. The molecule has 0 atom stereocenters. The van der Waals surface area contributed by atoms with Crippen LogP contribution in [0.2, 0.25) is 5.02 Å². The molecule has 0 unspecified atom stereocenters. The number of carbonyl (C=O) groups is 1. The molecule has 0 aromatic heterocycles. The second-order valence-corrected chi connectivity index (χ2v) is 8.89. The molecule has 2 N–H and O–H groups in total. The zero-order chi connectivity index (χ0) is 19.2. The number of hydrogen-bond donors (Lipinski definition) is 2. The van der Waals surface area contributed by atoms with Crippen LogP contribution in [0, 0.1) is 0 Å². The number of halogens is 1. The molecule has 0 aliphatic carbocycles. The Labute approximate surface area is 161 Å². The molecule has 2 rings (SSSR count). The van der Waals surface area contributed by atoms with Crippen molar-refractivity contribution in [2.75, 3.05) is 39.3 Å². The van der Waals surface area contributed by atoms with Crippen molar-refractivity contribution in [3.05, 3.63) is 28.8 Å². The van der Waals surface area contributed by atoms with Crippen molar-refractivity contribution in [2.45, 2.75) is 38.0 Å². The van der Waals surface area contributed by atoms with Crippen LogP contribution in [0.1, 0.15) is 43.5 Å². The van der Waals surface area contributed by atoms with Gasteiger partial charge in [-0.15, -0.1) is 0 Å². The van der Waals surface area contributed by atoms with E-state index < -0.39 is 10.0 Å². The van der Waals surface area contributed by atoms with E-state index in [2.05, 4.69) is 19.2 Å². The van der Waals surface area contributed by atoms with Gasteiger partial charge in [0.1, 0.15) is 4.90 Å². The van der Waals surface area contributed by atoms with Crippen LogP contribution in [0.4, 0.5) is 0 Å². The van der Waals surface area contributed by atoms with Gasteiger partial charge in [-0.05, 0) is 44.9 Å². The summed E-state index contributed by atoms with van der Waals surface area (Å²) in [6, 6.07) is 4.44. The lowest BCUT2D eigenvalue weighted by molar-refractivity contribution is -0.896. The number of nitrogens with zero attached hydrogens (tertiary/aromatic N) is 1. The Kier molecular flexibility index (Phi) is 7.88. The Morgan fingerprint density at radius 2 is 1.88 bits per heavy atom. The van der Waals surface area contributed by atoms with E-state index in [9.17, 15) is 13.2 Å². The number of nitrogens with one attached hydrogen (secondary N) is 2.